The number of ether oxygens (including phenoxy) is 1. The molecular formula is C14H23NO2S. The Hall–Kier alpha value is -0.550. The van der Waals surface area contributed by atoms with Crippen molar-refractivity contribution in [1.82, 2.24) is 5.32 Å². The molecule has 0 aliphatic rings. The van der Waals surface area contributed by atoms with E-state index in [1.807, 2.05) is 0 Å². The summed E-state index contributed by atoms with van der Waals surface area (Å²) in [6, 6.07) is 8.87. The largest absolute Gasteiger partial charge is 0.391 e. The first-order chi connectivity index (χ1) is 8.67. The smallest absolute Gasteiger partial charge is 0.0785 e. The number of rotatable bonds is 8. The zero-order chi connectivity index (χ0) is 13.4. The van der Waals surface area contributed by atoms with Crippen LogP contribution in [0.5, 0.6) is 0 Å². The third-order valence-electron chi connectivity index (χ3n) is 2.90. The van der Waals surface area contributed by atoms with Crippen molar-refractivity contribution in [3.8, 4) is 0 Å². The molecule has 2 unspecified atom stereocenters. The van der Waals surface area contributed by atoms with Crippen LogP contribution in [0.4, 0.5) is 0 Å². The Morgan fingerprint density at radius 3 is 2.56 bits per heavy atom. The lowest BCUT2D eigenvalue weighted by Crippen LogP contribution is -2.25. The van der Waals surface area contributed by atoms with Gasteiger partial charge in [0.15, 0.2) is 0 Å². The fourth-order valence-electron chi connectivity index (χ4n) is 1.75. The Morgan fingerprint density at radius 1 is 1.33 bits per heavy atom. The van der Waals surface area contributed by atoms with Crippen LogP contribution < -0.4 is 5.32 Å². The van der Waals surface area contributed by atoms with Crippen LogP contribution >= 0.6 is 11.8 Å². The van der Waals surface area contributed by atoms with Crippen molar-refractivity contribution < 1.29 is 9.84 Å². The van der Waals surface area contributed by atoms with E-state index in [4.69, 9.17) is 4.74 Å². The molecule has 0 aliphatic carbocycles. The lowest BCUT2D eigenvalue weighted by molar-refractivity contribution is 0.0590. The van der Waals surface area contributed by atoms with Gasteiger partial charge < -0.3 is 15.2 Å². The average Bonchev–Trinajstić information content (AvgIpc) is 2.39. The van der Waals surface area contributed by atoms with E-state index in [2.05, 4.69) is 42.8 Å². The van der Waals surface area contributed by atoms with Crippen molar-refractivity contribution >= 4 is 11.8 Å². The van der Waals surface area contributed by atoms with Crippen LogP contribution in [-0.2, 0) is 4.74 Å². The quantitative estimate of drug-likeness (QED) is 0.711. The van der Waals surface area contributed by atoms with E-state index in [1.165, 1.54) is 10.5 Å². The molecule has 0 fully saturated rings. The Labute approximate surface area is 114 Å². The number of aliphatic hydroxyl groups excluding tert-OH is 1. The Bertz CT molecular complexity index is 329. The van der Waals surface area contributed by atoms with Crippen LogP contribution in [-0.4, -0.2) is 37.7 Å². The van der Waals surface area contributed by atoms with Gasteiger partial charge in [-0.2, -0.15) is 0 Å². The summed E-state index contributed by atoms with van der Waals surface area (Å²) in [6.07, 6.45) is 2.41. The Balaban J connectivity index is 2.33. The van der Waals surface area contributed by atoms with Crippen molar-refractivity contribution in [1.29, 1.82) is 0 Å². The molecule has 0 aromatic heterocycles. The average molecular weight is 269 g/mol. The van der Waals surface area contributed by atoms with Gasteiger partial charge in [0.1, 0.15) is 0 Å². The fourth-order valence-corrected chi connectivity index (χ4v) is 2.16. The van der Waals surface area contributed by atoms with E-state index >= 15 is 0 Å². The van der Waals surface area contributed by atoms with Gasteiger partial charge in [-0.25, -0.2) is 0 Å². The molecule has 0 bridgehead atoms. The van der Waals surface area contributed by atoms with Crippen LogP contribution in [0.3, 0.4) is 0 Å². The second-order valence-corrected chi connectivity index (χ2v) is 5.23. The minimum atomic E-state index is -0.381. The van der Waals surface area contributed by atoms with E-state index < -0.39 is 0 Å². The highest BCUT2D eigenvalue weighted by atomic mass is 32.2. The SMILES string of the molecule is COCC(O)CCNC(C)c1ccc(SC)cc1. The summed E-state index contributed by atoms with van der Waals surface area (Å²) >= 11 is 1.75. The number of hydrogen-bond acceptors (Lipinski definition) is 4. The van der Waals surface area contributed by atoms with Crippen LogP contribution in [0.2, 0.25) is 0 Å². The molecule has 0 aliphatic heterocycles. The van der Waals surface area contributed by atoms with E-state index in [0.29, 0.717) is 19.1 Å². The molecule has 0 saturated carbocycles. The second-order valence-electron chi connectivity index (χ2n) is 4.35. The maximum absolute atomic E-state index is 9.53. The minimum absolute atomic E-state index is 0.302. The van der Waals surface area contributed by atoms with Gasteiger partial charge >= 0.3 is 0 Å². The van der Waals surface area contributed by atoms with Crippen molar-refractivity contribution in [3.63, 3.8) is 0 Å². The summed E-state index contributed by atoms with van der Waals surface area (Å²) < 4.78 is 4.89. The zero-order valence-electron chi connectivity index (χ0n) is 11.3. The first kappa shape index (κ1) is 15.5. The molecule has 0 spiro atoms. The van der Waals surface area contributed by atoms with Gasteiger partial charge in [0, 0.05) is 18.0 Å². The van der Waals surface area contributed by atoms with E-state index in [9.17, 15) is 5.11 Å². The molecule has 1 aromatic rings. The first-order valence-electron chi connectivity index (χ1n) is 6.21. The molecule has 2 N–H and O–H groups in total. The molecular weight excluding hydrogens is 246 g/mol. The molecule has 0 heterocycles. The first-order valence-corrected chi connectivity index (χ1v) is 7.44. The van der Waals surface area contributed by atoms with Gasteiger partial charge in [0.25, 0.3) is 0 Å². The standard InChI is InChI=1S/C14H23NO2S/c1-11(15-9-8-13(16)10-17-2)12-4-6-14(18-3)7-5-12/h4-7,11,13,15-16H,8-10H2,1-3H3. The molecule has 0 amide bonds. The normalized spacial score (nSPS) is 14.4. The Kier molecular flexibility index (Phi) is 7.35. The number of hydrogen-bond donors (Lipinski definition) is 2. The van der Waals surface area contributed by atoms with E-state index in [1.54, 1.807) is 18.9 Å². The number of benzene rings is 1. The van der Waals surface area contributed by atoms with Gasteiger partial charge in [0.2, 0.25) is 0 Å². The van der Waals surface area contributed by atoms with Crippen molar-refractivity contribution in [2.24, 2.45) is 0 Å². The summed E-state index contributed by atoms with van der Waals surface area (Å²) in [6.45, 7) is 3.32. The Morgan fingerprint density at radius 2 is 2.00 bits per heavy atom. The third-order valence-corrected chi connectivity index (χ3v) is 3.65. The summed E-state index contributed by atoms with van der Waals surface area (Å²) in [4.78, 5) is 1.28. The van der Waals surface area contributed by atoms with Gasteiger partial charge in [0.05, 0.1) is 12.7 Å². The molecule has 18 heavy (non-hydrogen) atoms. The van der Waals surface area contributed by atoms with Gasteiger partial charge in [-0.05, 0) is 43.8 Å². The topological polar surface area (TPSA) is 41.5 Å². The van der Waals surface area contributed by atoms with Crippen molar-refractivity contribution in [2.45, 2.75) is 30.4 Å². The van der Waals surface area contributed by atoms with Gasteiger partial charge in [-0.15, -0.1) is 11.8 Å². The van der Waals surface area contributed by atoms with Gasteiger partial charge in [-0.1, -0.05) is 12.1 Å². The maximum atomic E-state index is 9.53. The fraction of sp³-hybridized carbons (Fsp3) is 0.571. The predicted octanol–water partition coefficient (Wildman–Crippen LogP) is 2.46. The number of nitrogens with one attached hydrogen (secondary N) is 1. The molecule has 0 saturated heterocycles. The van der Waals surface area contributed by atoms with Crippen LogP contribution in [0, 0.1) is 0 Å². The molecule has 102 valence electrons. The summed E-state index contributed by atoms with van der Waals surface area (Å²) in [5.74, 6) is 0. The lowest BCUT2D eigenvalue weighted by Gasteiger charge is -2.16. The highest BCUT2D eigenvalue weighted by Gasteiger charge is 2.07. The molecule has 1 rings (SSSR count). The molecule has 3 nitrogen and oxygen atoms in total. The number of aliphatic hydroxyl groups is 1. The summed E-state index contributed by atoms with van der Waals surface area (Å²) in [7, 11) is 1.60. The maximum Gasteiger partial charge on any atom is 0.0785 e. The van der Waals surface area contributed by atoms with Crippen LogP contribution in [0.15, 0.2) is 29.2 Å². The summed E-state index contributed by atoms with van der Waals surface area (Å²) in [5, 5.41) is 12.9. The van der Waals surface area contributed by atoms with E-state index in [0.717, 1.165) is 6.54 Å². The van der Waals surface area contributed by atoms with Crippen LogP contribution in [0.25, 0.3) is 0 Å². The van der Waals surface area contributed by atoms with Crippen LogP contribution in [0.1, 0.15) is 24.9 Å². The van der Waals surface area contributed by atoms with Crippen molar-refractivity contribution in [2.75, 3.05) is 26.5 Å². The monoisotopic (exact) mass is 269 g/mol. The van der Waals surface area contributed by atoms with E-state index in [-0.39, 0.29) is 6.10 Å². The van der Waals surface area contributed by atoms with Crippen molar-refractivity contribution in [3.05, 3.63) is 29.8 Å². The predicted molar refractivity (Wildman–Crippen MR) is 77.1 cm³/mol. The number of thioether (sulfide) groups is 1. The molecule has 1 aromatic carbocycles. The molecule has 2 atom stereocenters. The highest BCUT2D eigenvalue weighted by Crippen LogP contribution is 2.18. The summed E-state index contributed by atoms with van der Waals surface area (Å²) in [5.41, 5.74) is 1.27. The lowest BCUT2D eigenvalue weighted by atomic mass is 10.1. The third kappa shape index (κ3) is 5.40. The second kappa shape index (κ2) is 8.53. The molecule has 0 radical (unpaired) electrons. The highest BCUT2D eigenvalue weighted by molar-refractivity contribution is 7.98. The molecule has 4 heteroatoms. The minimum Gasteiger partial charge on any atom is -0.391 e. The van der Waals surface area contributed by atoms with Gasteiger partial charge in [-0.3, -0.25) is 0 Å². The zero-order valence-corrected chi connectivity index (χ0v) is 12.2. The number of methoxy groups -OCH3 is 1.